The van der Waals surface area contributed by atoms with Gasteiger partial charge in [-0.1, -0.05) is 144 Å². The number of phenolic OH excluding ortho intramolecular Hbond substituents is 4. The zero-order chi connectivity index (χ0) is 79.6. The summed E-state index contributed by atoms with van der Waals surface area (Å²) in [4.78, 5) is 85.3. The lowest BCUT2D eigenvalue weighted by molar-refractivity contribution is -0.119. The highest BCUT2D eigenvalue weighted by Gasteiger charge is 2.23. The van der Waals surface area contributed by atoms with Crippen LogP contribution in [-0.4, -0.2) is 104 Å². The molecular formula is C88H90N12O12. The third-order valence-corrected chi connectivity index (χ3v) is 18.3. The number of anilines is 4. The van der Waals surface area contributed by atoms with E-state index >= 15 is 0 Å². The molecule has 0 radical (unpaired) electrons. The van der Waals surface area contributed by atoms with Crippen LogP contribution in [0.4, 0.5) is 23.3 Å². The molecule has 1 aliphatic rings. The number of aromatic nitrogens is 8. The number of carbonyl (C=O) groups is 4. The molecule has 24 nitrogen and oxygen atoms in total. The molecule has 4 heterocycles. The van der Waals surface area contributed by atoms with Crippen molar-refractivity contribution in [2.45, 2.75) is 112 Å². The van der Waals surface area contributed by atoms with Crippen LogP contribution in [0, 0.1) is 17.8 Å². The number of phenols is 4. The maximum atomic E-state index is 12.7. The highest BCUT2D eigenvalue weighted by atomic mass is 16.3. The van der Waals surface area contributed by atoms with Gasteiger partial charge in [0.15, 0.2) is 23.3 Å². The van der Waals surface area contributed by atoms with E-state index in [2.05, 4.69) is 46.2 Å². The maximum absolute atomic E-state index is 12.7. The van der Waals surface area contributed by atoms with Gasteiger partial charge in [0.05, 0.1) is 74.0 Å². The number of aliphatic hydroxyl groups excluding tert-OH is 4. The number of benzene rings is 8. The normalized spacial score (nSPS) is 12.0. The smallest absolute Gasteiger partial charge is 0.228 e. The summed E-state index contributed by atoms with van der Waals surface area (Å²) in [7, 11) is 0. The second-order valence-corrected chi connectivity index (χ2v) is 27.3. The van der Waals surface area contributed by atoms with E-state index in [1.165, 1.54) is 26.2 Å². The first-order chi connectivity index (χ1) is 54.1. The minimum Gasteiger partial charge on any atom is -0.508 e. The van der Waals surface area contributed by atoms with Gasteiger partial charge in [-0.25, -0.2) is 39.9 Å². The van der Waals surface area contributed by atoms with Crippen LogP contribution in [0.25, 0.3) is 90.1 Å². The number of aromatic hydroxyl groups is 4. The van der Waals surface area contributed by atoms with Crippen molar-refractivity contribution in [1.29, 1.82) is 0 Å². The predicted octanol–water partition coefficient (Wildman–Crippen LogP) is 15.9. The molecule has 574 valence electrons. The van der Waals surface area contributed by atoms with E-state index in [-0.39, 0.29) is 84.9 Å². The molecular weight excluding hydrogens is 1420 g/mol. The van der Waals surface area contributed by atoms with Gasteiger partial charge in [-0.05, 0) is 150 Å². The van der Waals surface area contributed by atoms with Crippen LogP contribution in [0.1, 0.15) is 108 Å². The molecule has 4 aromatic heterocycles. The molecule has 12 N–H and O–H groups in total. The van der Waals surface area contributed by atoms with Crippen molar-refractivity contribution in [3.8, 4) is 113 Å². The fourth-order valence-corrected chi connectivity index (χ4v) is 11.9. The van der Waals surface area contributed by atoms with Crippen molar-refractivity contribution in [3.05, 3.63) is 241 Å². The van der Waals surface area contributed by atoms with E-state index in [1.54, 1.807) is 122 Å². The van der Waals surface area contributed by atoms with Gasteiger partial charge in [0.1, 0.15) is 45.8 Å². The van der Waals surface area contributed by atoms with Gasteiger partial charge in [0.25, 0.3) is 0 Å². The summed E-state index contributed by atoms with van der Waals surface area (Å²) in [5.41, 5.74) is 14.4. The number of amides is 4. The van der Waals surface area contributed by atoms with Gasteiger partial charge in [-0.3, -0.25) is 19.2 Å². The fourth-order valence-electron chi connectivity index (χ4n) is 11.9. The molecule has 0 aliphatic heterocycles. The largest absolute Gasteiger partial charge is 0.508 e. The molecule has 112 heavy (non-hydrogen) atoms. The van der Waals surface area contributed by atoms with Crippen LogP contribution in [0.2, 0.25) is 0 Å². The van der Waals surface area contributed by atoms with Crippen molar-refractivity contribution >= 4 is 46.9 Å². The molecule has 1 fully saturated rings. The average Bonchev–Trinajstić information content (AvgIpc) is 0.820. The Bertz CT molecular complexity index is 5110. The summed E-state index contributed by atoms with van der Waals surface area (Å²) in [5.74, 6) is 2.16. The molecule has 1 saturated carbocycles. The number of carbonyl (C=O) groups excluding carboxylic acids is 4. The Balaban J connectivity index is 0.000000159. The highest BCUT2D eigenvalue weighted by Crippen LogP contribution is 2.36. The lowest BCUT2D eigenvalue weighted by Gasteiger charge is -2.21. The van der Waals surface area contributed by atoms with Gasteiger partial charge < -0.3 is 62.1 Å². The zero-order valence-corrected chi connectivity index (χ0v) is 62.8. The minimum atomic E-state index is -0.241. The maximum Gasteiger partial charge on any atom is 0.228 e. The van der Waals surface area contributed by atoms with Gasteiger partial charge >= 0.3 is 0 Å². The van der Waals surface area contributed by atoms with Gasteiger partial charge in [0, 0.05) is 70.2 Å². The Kier molecular flexibility index (Phi) is 29.0. The predicted molar refractivity (Wildman–Crippen MR) is 432 cm³/mol. The zero-order valence-electron chi connectivity index (χ0n) is 62.8. The van der Waals surface area contributed by atoms with Crippen LogP contribution in [0.5, 0.6) is 23.0 Å². The van der Waals surface area contributed by atoms with Crippen LogP contribution in [-0.2, 0) is 45.6 Å². The molecule has 1 atom stereocenters. The number of hydrogen-bond donors (Lipinski definition) is 12. The third-order valence-electron chi connectivity index (χ3n) is 18.3. The molecule has 0 spiro atoms. The quantitative estimate of drug-likeness (QED) is 0.0300. The summed E-state index contributed by atoms with van der Waals surface area (Å²) in [6.45, 7) is 9.09. The number of rotatable bonds is 22. The molecule has 24 heteroatoms. The van der Waals surface area contributed by atoms with E-state index in [4.69, 9.17) is 20.1 Å². The van der Waals surface area contributed by atoms with Crippen molar-refractivity contribution in [1.82, 2.24) is 39.9 Å². The fraction of sp³-hybridized carbons (Fsp3) is 0.227. The van der Waals surface area contributed by atoms with Crippen molar-refractivity contribution in [2.24, 2.45) is 17.8 Å². The minimum absolute atomic E-state index is 0.0172. The summed E-state index contributed by atoms with van der Waals surface area (Å²) in [6.07, 6.45) is 13.9. The Morgan fingerprint density at radius 2 is 0.634 bits per heavy atom. The van der Waals surface area contributed by atoms with Crippen LogP contribution in [0.3, 0.4) is 0 Å². The van der Waals surface area contributed by atoms with E-state index in [0.29, 0.717) is 87.6 Å². The summed E-state index contributed by atoms with van der Waals surface area (Å²) in [5, 5.41) is 86.5. The topological polar surface area (TPSA) is 381 Å². The summed E-state index contributed by atoms with van der Waals surface area (Å²) >= 11 is 0. The summed E-state index contributed by atoms with van der Waals surface area (Å²) in [6, 6.07) is 56.0. The molecule has 13 rings (SSSR count). The van der Waals surface area contributed by atoms with Crippen LogP contribution in [0.15, 0.2) is 219 Å². The average molecular weight is 1510 g/mol. The van der Waals surface area contributed by atoms with Crippen LogP contribution >= 0.6 is 0 Å². The van der Waals surface area contributed by atoms with Crippen molar-refractivity contribution in [3.63, 3.8) is 0 Å². The number of nitrogens with one attached hydrogen (secondary N) is 4. The lowest BCUT2D eigenvalue weighted by atomic mass is 9.87. The molecule has 0 saturated heterocycles. The highest BCUT2D eigenvalue weighted by molar-refractivity contribution is 5.96. The number of hydrogen-bond acceptors (Lipinski definition) is 20. The SMILES string of the molecule is CC(=O)Nc1ncc(-c2ccc(CO)cc2)nc1-c1ccc(O)cc1.CC(C)CC(=O)Nc1ncc(-c2ccc(CO)cc2)nc1-c1ccc(O)cc1.CCC(C)C(=O)Nc1ncc(-c2ccc(CO)cc2)nc1-c1ccc(O)cc1.O=C(CC1CCCCC1)Nc1ncc(-c2ccc(CO)cc2)nc1-c1ccc(O)cc1. The molecule has 1 unspecified atom stereocenters. The van der Waals surface area contributed by atoms with E-state index < -0.39 is 0 Å². The van der Waals surface area contributed by atoms with Gasteiger partial charge in [-0.15, -0.1) is 0 Å². The second-order valence-electron chi connectivity index (χ2n) is 27.3. The van der Waals surface area contributed by atoms with Gasteiger partial charge in [0.2, 0.25) is 23.6 Å². The molecule has 12 aromatic rings. The molecule has 1 aliphatic carbocycles. The first-order valence-electron chi connectivity index (χ1n) is 36.8. The van der Waals surface area contributed by atoms with Gasteiger partial charge in [-0.2, -0.15) is 0 Å². The monoisotopic (exact) mass is 1510 g/mol. The lowest BCUT2D eigenvalue weighted by Crippen LogP contribution is -2.21. The number of aliphatic hydroxyl groups is 4. The number of nitrogens with zero attached hydrogens (tertiary/aromatic N) is 8. The first-order valence-corrected chi connectivity index (χ1v) is 36.8. The molecule has 0 bridgehead atoms. The Labute approximate surface area is 649 Å². The molecule has 4 amide bonds. The van der Waals surface area contributed by atoms with Crippen LogP contribution < -0.4 is 21.3 Å². The third kappa shape index (κ3) is 23.0. The Morgan fingerprint density at radius 1 is 0.366 bits per heavy atom. The summed E-state index contributed by atoms with van der Waals surface area (Å²) < 4.78 is 0. The van der Waals surface area contributed by atoms with E-state index in [1.807, 2.05) is 125 Å². The first kappa shape index (κ1) is 81.5. The van der Waals surface area contributed by atoms with Crippen molar-refractivity contribution < 1.29 is 60.0 Å². The standard InChI is InChI=1S/C25H27N3O3.2C22H23N3O3.C19H17N3O3/c29-16-18-6-8-19(9-7-18)22-15-26-25(24(27-22)20-10-12-21(30)13-11-20)28-23(31)14-17-4-2-1-3-5-17;1-14(2)11-20(28)25-22-21(17-7-9-18(27)10-8-17)24-19(12-23-22)16-5-3-15(13-26)4-6-16;1-3-14(2)22(28)25-21-20(17-8-10-18(27)11-9-17)24-19(12-23-21)16-6-4-15(13-26)5-7-16;1-12(24)21-19-18(15-6-8-16(25)9-7-15)22-17(10-20-19)14-4-2-13(11-23)3-5-14/h6-13,15,17,29-30H,1-5,14,16H2,(H,26,28,31);3-10,12,14,26-27H,11,13H2,1-2H3,(H,23,25,28);4-12,14,26-27H,3,13H2,1-2H3,(H,23,25,28);2-10,23,25H,11H2,1H3,(H,20,21,24). The second kappa shape index (κ2) is 39.9. The van der Waals surface area contributed by atoms with Crippen molar-refractivity contribution in [2.75, 3.05) is 21.3 Å². The van der Waals surface area contributed by atoms with E-state index in [0.717, 1.165) is 86.0 Å². The molecule has 8 aromatic carbocycles. The van der Waals surface area contributed by atoms with E-state index in [9.17, 15) is 54.9 Å². The Hall–Kier alpha value is -13.0. The Morgan fingerprint density at radius 3 is 0.902 bits per heavy atom.